The molecule has 0 fully saturated rings. The molecule has 0 radical (unpaired) electrons. The lowest BCUT2D eigenvalue weighted by molar-refractivity contribution is 0.0639. The van der Waals surface area contributed by atoms with Gasteiger partial charge in [-0.15, -0.1) is 0 Å². The number of carbonyl (C=O) groups is 1. The first kappa shape index (κ1) is 19.3. The molecule has 1 aromatic carbocycles. The molecule has 2 aromatic rings. The van der Waals surface area contributed by atoms with E-state index in [4.69, 9.17) is 4.74 Å². The van der Waals surface area contributed by atoms with Crippen LogP contribution in [0.3, 0.4) is 0 Å². The van der Waals surface area contributed by atoms with Crippen LogP contribution >= 0.6 is 0 Å². The SMILES string of the molecule is COc1c2n(c(CNS(=O)c3ccccc3)cc1=O)CCN(C(C)C)C2=O. The van der Waals surface area contributed by atoms with Crippen molar-refractivity contribution in [2.45, 2.75) is 37.9 Å². The Morgan fingerprint density at radius 1 is 1.19 bits per heavy atom. The molecule has 2 heterocycles. The molecule has 0 bridgehead atoms. The first-order valence-electron chi connectivity index (χ1n) is 8.76. The Hall–Kier alpha value is -2.45. The molecule has 1 atom stereocenters. The summed E-state index contributed by atoms with van der Waals surface area (Å²) in [5.41, 5.74) is 0.508. The zero-order valence-electron chi connectivity index (χ0n) is 15.6. The van der Waals surface area contributed by atoms with Gasteiger partial charge in [0.15, 0.2) is 11.4 Å². The highest BCUT2D eigenvalue weighted by atomic mass is 32.2. The number of carbonyl (C=O) groups excluding carboxylic acids is 1. The molecule has 0 spiro atoms. The molecule has 1 N–H and O–H groups in total. The van der Waals surface area contributed by atoms with Gasteiger partial charge in [0.05, 0.1) is 12.0 Å². The van der Waals surface area contributed by atoms with Crippen LogP contribution in [0.1, 0.15) is 30.0 Å². The molecule has 1 aliphatic heterocycles. The highest BCUT2D eigenvalue weighted by molar-refractivity contribution is 7.83. The first-order valence-corrected chi connectivity index (χ1v) is 9.91. The Morgan fingerprint density at radius 2 is 1.89 bits per heavy atom. The molecule has 7 nitrogen and oxygen atoms in total. The highest BCUT2D eigenvalue weighted by Crippen LogP contribution is 2.23. The third-order valence-electron chi connectivity index (χ3n) is 4.55. The van der Waals surface area contributed by atoms with E-state index in [-0.39, 0.29) is 35.4 Å². The summed E-state index contributed by atoms with van der Waals surface area (Å²) >= 11 is 0. The number of nitrogens with one attached hydrogen (secondary N) is 1. The van der Waals surface area contributed by atoms with Crippen molar-refractivity contribution >= 4 is 16.9 Å². The summed E-state index contributed by atoms with van der Waals surface area (Å²) in [5.74, 6) is -0.172. The largest absolute Gasteiger partial charge is 0.491 e. The summed E-state index contributed by atoms with van der Waals surface area (Å²) in [7, 11) is -0.0231. The van der Waals surface area contributed by atoms with Crippen LogP contribution in [-0.4, -0.2) is 39.3 Å². The summed E-state index contributed by atoms with van der Waals surface area (Å²) in [4.78, 5) is 27.7. The van der Waals surface area contributed by atoms with Crippen LogP contribution in [0.5, 0.6) is 5.75 Å². The molecular formula is C19H23N3O4S. The van der Waals surface area contributed by atoms with Gasteiger partial charge in [-0.1, -0.05) is 18.2 Å². The molecule has 0 saturated carbocycles. The van der Waals surface area contributed by atoms with E-state index in [1.54, 1.807) is 21.6 Å². The van der Waals surface area contributed by atoms with E-state index in [0.29, 0.717) is 23.7 Å². The van der Waals surface area contributed by atoms with Gasteiger partial charge in [-0.3, -0.25) is 9.59 Å². The fraction of sp³-hybridized carbons (Fsp3) is 0.368. The molecule has 3 rings (SSSR count). The molecule has 1 aliphatic rings. The minimum absolute atomic E-state index is 0.0263. The van der Waals surface area contributed by atoms with Crippen molar-refractivity contribution in [3.05, 3.63) is 58.0 Å². The number of nitrogens with zero attached hydrogens (tertiary/aromatic N) is 2. The lowest BCUT2D eigenvalue weighted by Crippen LogP contribution is -2.46. The predicted molar refractivity (Wildman–Crippen MR) is 103 cm³/mol. The zero-order chi connectivity index (χ0) is 19.6. The molecule has 1 amide bonds. The van der Waals surface area contributed by atoms with E-state index >= 15 is 0 Å². The fourth-order valence-electron chi connectivity index (χ4n) is 3.19. The minimum atomic E-state index is -1.41. The molecule has 1 unspecified atom stereocenters. The second kappa shape index (κ2) is 8.06. The Balaban J connectivity index is 1.94. The van der Waals surface area contributed by atoms with Gasteiger partial charge in [0, 0.05) is 37.4 Å². The number of methoxy groups -OCH3 is 1. The molecule has 144 valence electrons. The smallest absolute Gasteiger partial charge is 0.274 e. The normalized spacial score (nSPS) is 15.0. The number of aromatic nitrogens is 1. The Bertz CT molecular complexity index is 925. The van der Waals surface area contributed by atoms with Crippen LogP contribution in [-0.2, 0) is 24.1 Å². The standard InChI is InChI=1S/C19H23N3O4S/c1-13(2)21-9-10-22-14(11-16(23)18(26-3)17(22)19(21)24)12-20-27(25)15-7-5-4-6-8-15/h4-8,11,13,20H,9-10,12H2,1-3H3. The van der Waals surface area contributed by atoms with E-state index in [1.807, 2.05) is 32.0 Å². The second-order valence-corrected chi connectivity index (χ2v) is 7.83. The fourth-order valence-corrected chi connectivity index (χ4v) is 4.04. The lowest BCUT2D eigenvalue weighted by Gasteiger charge is -2.34. The molecule has 1 aromatic heterocycles. The van der Waals surface area contributed by atoms with E-state index in [1.165, 1.54) is 13.2 Å². The van der Waals surface area contributed by atoms with E-state index in [9.17, 15) is 13.8 Å². The molecule has 0 saturated heterocycles. The van der Waals surface area contributed by atoms with Crippen LogP contribution in [0.2, 0.25) is 0 Å². The van der Waals surface area contributed by atoms with Crippen molar-refractivity contribution < 1.29 is 13.7 Å². The maximum absolute atomic E-state index is 12.9. The number of amides is 1. The Morgan fingerprint density at radius 3 is 2.52 bits per heavy atom. The van der Waals surface area contributed by atoms with Gasteiger partial charge in [-0.05, 0) is 26.0 Å². The van der Waals surface area contributed by atoms with Gasteiger partial charge in [-0.2, -0.15) is 0 Å². The first-order chi connectivity index (χ1) is 12.9. The van der Waals surface area contributed by atoms with Gasteiger partial charge in [-0.25, -0.2) is 8.93 Å². The maximum atomic E-state index is 12.9. The minimum Gasteiger partial charge on any atom is -0.491 e. The zero-order valence-corrected chi connectivity index (χ0v) is 16.4. The van der Waals surface area contributed by atoms with E-state index in [2.05, 4.69) is 4.72 Å². The number of ether oxygens (including phenoxy) is 1. The summed E-state index contributed by atoms with van der Waals surface area (Å²) in [6, 6.07) is 10.5. The predicted octanol–water partition coefficient (Wildman–Crippen LogP) is 1.53. The third kappa shape index (κ3) is 3.81. The average Bonchev–Trinajstić information content (AvgIpc) is 2.66. The van der Waals surface area contributed by atoms with Gasteiger partial charge in [0.2, 0.25) is 5.43 Å². The van der Waals surface area contributed by atoms with Crippen molar-refractivity contribution in [3.63, 3.8) is 0 Å². The van der Waals surface area contributed by atoms with Crippen molar-refractivity contribution in [1.29, 1.82) is 0 Å². The quantitative estimate of drug-likeness (QED) is 0.813. The van der Waals surface area contributed by atoms with Gasteiger partial charge in [0.1, 0.15) is 11.0 Å². The van der Waals surface area contributed by atoms with Crippen molar-refractivity contribution in [2.24, 2.45) is 0 Å². The average molecular weight is 389 g/mol. The molecule has 0 aliphatic carbocycles. The third-order valence-corrected chi connectivity index (χ3v) is 5.66. The topological polar surface area (TPSA) is 80.6 Å². The molecular weight excluding hydrogens is 366 g/mol. The van der Waals surface area contributed by atoms with Gasteiger partial charge in [0.25, 0.3) is 5.91 Å². The van der Waals surface area contributed by atoms with Gasteiger partial charge < -0.3 is 14.2 Å². The summed E-state index contributed by atoms with van der Waals surface area (Å²) in [6.07, 6.45) is 0. The molecule has 8 heteroatoms. The van der Waals surface area contributed by atoms with E-state index < -0.39 is 11.0 Å². The van der Waals surface area contributed by atoms with Crippen LogP contribution in [0.15, 0.2) is 46.1 Å². The molecule has 27 heavy (non-hydrogen) atoms. The summed E-state index contributed by atoms with van der Waals surface area (Å²) in [6.45, 7) is 5.16. The van der Waals surface area contributed by atoms with Crippen molar-refractivity contribution in [2.75, 3.05) is 13.7 Å². The van der Waals surface area contributed by atoms with E-state index in [0.717, 1.165) is 0 Å². The Kier molecular flexibility index (Phi) is 5.76. The van der Waals surface area contributed by atoms with Crippen LogP contribution < -0.4 is 14.9 Å². The number of rotatable bonds is 6. The highest BCUT2D eigenvalue weighted by Gasteiger charge is 2.31. The summed E-state index contributed by atoms with van der Waals surface area (Å²) < 4.78 is 22.4. The van der Waals surface area contributed by atoms with Crippen LogP contribution in [0, 0.1) is 0 Å². The van der Waals surface area contributed by atoms with Gasteiger partial charge >= 0.3 is 0 Å². The maximum Gasteiger partial charge on any atom is 0.274 e. The lowest BCUT2D eigenvalue weighted by atomic mass is 10.1. The number of hydrogen-bond donors (Lipinski definition) is 1. The number of hydrogen-bond acceptors (Lipinski definition) is 4. The van der Waals surface area contributed by atoms with Crippen LogP contribution in [0.25, 0.3) is 0 Å². The Labute approximate surface area is 160 Å². The van der Waals surface area contributed by atoms with Crippen molar-refractivity contribution in [3.8, 4) is 5.75 Å². The monoisotopic (exact) mass is 389 g/mol. The number of benzene rings is 1. The summed E-state index contributed by atoms with van der Waals surface area (Å²) in [5, 5.41) is 0. The number of pyridine rings is 1. The van der Waals surface area contributed by atoms with Crippen LogP contribution in [0.4, 0.5) is 0 Å². The number of fused-ring (bicyclic) bond motifs is 1. The van der Waals surface area contributed by atoms with Crippen molar-refractivity contribution in [1.82, 2.24) is 14.2 Å². The second-order valence-electron chi connectivity index (χ2n) is 6.53.